The molecule has 0 aliphatic rings. The number of ether oxygens (including phenoxy) is 1. The Balaban J connectivity index is 1.58. The molecule has 6 nitrogen and oxygen atoms in total. The lowest BCUT2D eigenvalue weighted by Crippen LogP contribution is -2.13. The van der Waals surface area contributed by atoms with Crippen molar-refractivity contribution in [3.63, 3.8) is 0 Å². The molecule has 6 heteroatoms. The molecule has 0 atom stereocenters. The number of benzene rings is 2. The fourth-order valence-electron chi connectivity index (χ4n) is 2.66. The van der Waals surface area contributed by atoms with Crippen molar-refractivity contribution < 1.29 is 9.53 Å². The van der Waals surface area contributed by atoms with E-state index in [1.807, 2.05) is 30.3 Å². The van der Waals surface area contributed by atoms with Crippen molar-refractivity contribution in [2.75, 3.05) is 24.3 Å². The van der Waals surface area contributed by atoms with Gasteiger partial charge in [0.05, 0.1) is 18.7 Å². The Morgan fingerprint density at radius 3 is 2.71 bits per heavy atom. The molecule has 2 aromatic carbocycles. The van der Waals surface area contributed by atoms with Crippen LogP contribution in [0.4, 0.5) is 11.5 Å². The summed E-state index contributed by atoms with van der Waals surface area (Å²) in [4.78, 5) is 16.7. The van der Waals surface area contributed by atoms with E-state index in [2.05, 4.69) is 15.6 Å². The Morgan fingerprint density at radius 2 is 1.96 bits per heavy atom. The van der Waals surface area contributed by atoms with Crippen molar-refractivity contribution in [3.05, 3.63) is 83.6 Å². The summed E-state index contributed by atoms with van der Waals surface area (Å²) in [5, 5.41) is 14.9. The standard InChI is InChI=1S/C22H20N4O2/c1-28-20-4-2-3-16(13-20)9-11-24-21-14-18(10-12-25-21)22(27)26-19-7-5-17(15-23)6-8-19/h2-8,10,12-14H,9,11H2,1H3,(H,24,25)(H,26,27). The number of carbonyl (C=O) groups excluding carboxylic acids is 1. The average molecular weight is 372 g/mol. The minimum Gasteiger partial charge on any atom is -0.497 e. The van der Waals surface area contributed by atoms with Crippen LogP contribution in [0, 0.1) is 11.3 Å². The Kier molecular flexibility index (Phi) is 6.21. The fraction of sp³-hybridized carbons (Fsp3) is 0.136. The first-order valence-corrected chi connectivity index (χ1v) is 8.82. The van der Waals surface area contributed by atoms with Crippen molar-refractivity contribution in [2.24, 2.45) is 0 Å². The third-order valence-corrected chi connectivity index (χ3v) is 4.15. The van der Waals surface area contributed by atoms with Crippen LogP contribution in [-0.2, 0) is 6.42 Å². The van der Waals surface area contributed by atoms with E-state index in [-0.39, 0.29) is 5.91 Å². The average Bonchev–Trinajstić information content (AvgIpc) is 2.74. The largest absolute Gasteiger partial charge is 0.497 e. The van der Waals surface area contributed by atoms with Crippen molar-refractivity contribution in [1.29, 1.82) is 5.26 Å². The Labute approximate surface area is 163 Å². The van der Waals surface area contributed by atoms with E-state index < -0.39 is 0 Å². The number of hydrogen-bond acceptors (Lipinski definition) is 5. The molecule has 3 rings (SSSR count). The van der Waals surface area contributed by atoms with E-state index in [9.17, 15) is 4.79 Å². The monoisotopic (exact) mass is 372 g/mol. The normalized spacial score (nSPS) is 10.0. The number of pyridine rings is 1. The van der Waals surface area contributed by atoms with Gasteiger partial charge in [0, 0.05) is 24.0 Å². The highest BCUT2D eigenvalue weighted by Crippen LogP contribution is 2.15. The molecule has 1 amide bonds. The van der Waals surface area contributed by atoms with E-state index in [0.29, 0.717) is 29.2 Å². The third-order valence-electron chi connectivity index (χ3n) is 4.15. The van der Waals surface area contributed by atoms with Crippen LogP contribution >= 0.6 is 0 Å². The zero-order valence-electron chi connectivity index (χ0n) is 15.5. The molecule has 0 radical (unpaired) electrons. The molecule has 0 saturated heterocycles. The van der Waals surface area contributed by atoms with Crippen LogP contribution < -0.4 is 15.4 Å². The molecule has 0 unspecified atom stereocenters. The summed E-state index contributed by atoms with van der Waals surface area (Å²) in [5.74, 6) is 1.23. The van der Waals surface area contributed by atoms with Crippen LogP contribution in [0.1, 0.15) is 21.5 Å². The number of methoxy groups -OCH3 is 1. The van der Waals surface area contributed by atoms with Gasteiger partial charge in [0.25, 0.3) is 5.91 Å². The number of carbonyl (C=O) groups is 1. The summed E-state index contributed by atoms with van der Waals surface area (Å²) in [6.07, 6.45) is 2.40. The summed E-state index contributed by atoms with van der Waals surface area (Å²) in [7, 11) is 1.65. The van der Waals surface area contributed by atoms with E-state index in [0.717, 1.165) is 17.7 Å². The highest BCUT2D eigenvalue weighted by atomic mass is 16.5. The Hall–Kier alpha value is -3.85. The number of rotatable bonds is 7. The summed E-state index contributed by atoms with van der Waals surface area (Å²) in [6, 6.07) is 20.0. The SMILES string of the molecule is COc1cccc(CCNc2cc(C(=O)Nc3ccc(C#N)cc3)ccn2)c1. The molecule has 0 saturated carbocycles. The van der Waals surface area contributed by atoms with Gasteiger partial charge in [-0.05, 0) is 60.5 Å². The predicted molar refractivity (Wildman–Crippen MR) is 109 cm³/mol. The Morgan fingerprint density at radius 1 is 1.14 bits per heavy atom. The summed E-state index contributed by atoms with van der Waals surface area (Å²) in [5.41, 5.74) is 2.84. The number of amides is 1. The fourth-order valence-corrected chi connectivity index (χ4v) is 2.66. The number of nitrogens with one attached hydrogen (secondary N) is 2. The number of aromatic nitrogens is 1. The quantitative estimate of drug-likeness (QED) is 0.657. The molecular formula is C22H20N4O2. The zero-order chi connectivity index (χ0) is 19.8. The lowest BCUT2D eigenvalue weighted by molar-refractivity contribution is 0.102. The molecule has 0 aliphatic heterocycles. The second-order valence-corrected chi connectivity index (χ2v) is 6.10. The molecular weight excluding hydrogens is 352 g/mol. The van der Waals surface area contributed by atoms with Gasteiger partial charge in [-0.15, -0.1) is 0 Å². The third kappa shape index (κ3) is 5.08. The maximum atomic E-state index is 12.4. The molecule has 1 aromatic heterocycles. The van der Waals surface area contributed by atoms with Gasteiger partial charge in [-0.2, -0.15) is 5.26 Å². The summed E-state index contributed by atoms with van der Waals surface area (Å²) < 4.78 is 5.23. The number of anilines is 2. The van der Waals surface area contributed by atoms with Crippen LogP contribution in [0.5, 0.6) is 5.75 Å². The van der Waals surface area contributed by atoms with E-state index >= 15 is 0 Å². The molecule has 0 spiro atoms. The Bertz CT molecular complexity index is 994. The van der Waals surface area contributed by atoms with Crippen molar-refractivity contribution in [2.45, 2.75) is 6.42 Å². The minimum atomic E-state index is -0.233. The topological polar surface area (TPSA) is 87.0 Å². The molecule has 0 fully saturated rings. The summed E-state index contributed by atoms with van der Waals surface area (Å²) in [6.45, 7) is 0.681. The van der Waals surface area contributed by atoms with Crippen LogP contribution in [0.25, 0.3) is 0 Å². The second-order valence-electron chi connectivity index (χ2n) is 6.10. The second kappa shape index (κ2) is 9.19. The van der Waals surface area contributed by atoms with Gasteiger partial charge in [0.2, 0.25) is 0 Å². The first kappa shape index (κ1) is 18.9. The van der Waals surface area contributed by atoms with E-state index in [1.54, 1.807) is 49.7 Å². The lowest BCUT2D eigenvalue weighted by Gasteiger charge is -2.09. The molecule has 0 bridgehead atoms. The smallest absolute Gasteiger partial charge is 0.255 e. The minimum absolute atomic E-state index is 0.233. The molecule has 28 heavy (non-hydrogen) atoms. The van der Waals surface area contributed by atoms with E-state index in [4.69, 9.17) is 10.00 Å². The highest BCUT2D eigenvalue weighted by Gasteiger charge is 2.08. The van der Waals surface area contributed by atoms with Gasteiger partial charge in [-0.1, -0.05) is 12.1 Å². The molecule has 2 N–H and O–H groups in total. The van der Waals surface area contributed by atoms with Gasteiger partial charge in [0.1, 0.15) is 11.6 Å². The molecule has 0 aliphatic carbocycles. The maximum Gasteiger partial charge on any atom is 0.255 e. The summed E-state index contributed by atoms with van der Waals surface area (Å²) >= 11 is 0. The van der Waals surface area contributed by atoms with Crippen LogP contribution in [0.15, 0.2) is 66.9 Å². The van der Waals surface area contributed by atoms with E-state index in [1.165, 1.54) is 0 Å². The molecule has 1 heterocycles. The maximum absolute atomic E-state index is 12.4. The van der Waals surface area contributed by atoms with Crippen LogP contribution in [0.2, 0.25) is 0 Å². The number of nitrogens with zero attached hydrogens (tertiary/aromatic N) is 2. The van der Waals surface area contributed by atoms with Gasteiger partial charge in [-0.3, -0.25) is 4.79 Å². The molecule has 3 aromatic rings. The van der Waals surface area contributed by atoms with Gasteiger partial charge in [0.15, 0.2) is 0 Å². The van der Waals surface area contributed by atoms with Gasteiger partial charge < -0.3 is 15.4 Å². The number of nitriles is 1. The lowest BCUT2D eigenvalue weighted by atomic mass is 10.1. The van der Waals surface area contributed by atoms with Gasteiger partial charge >= 0.3 is 0 Å². The first-order valence-electron chi connectivity index (χ1n) is 8.82. The van der Waals surface area contributed by atoms with Crippen molar-refractivity contribution in [3.8, 4) is 11.8 Å². The van der Waals surface area contributed by atoms with Gasteiger partial charge in [-0.25, -0.2) is 4.98 Å². The highest BCUT2D eigenvalue weighted by molar-refractivity contribution is 6.04. The van der Waals surface area contributed by atoms with Crippen LogP contribution in [0.3, 0.4) is 0 Å². The molecule has 140 valence electrons. The van der Waals surface area contributed by atoms with Crippen LogP contribution in [-0.4, -0.2) is 24.5 Å². The van der Waals surface area contributed by atoms with Crippen molar-refractivity contribution in [1.82, 2.24) is 4.98 Å². The predicted octanol–water partition coefficient (Wildman–Crippen LogP) is 3.87. The van der Waals surface area contributed by atoms with Crippen molar-refractivity contribution >= 4 is 17.4 Å². The zero-order valence-corrected chi connectivity index (χ0v) is 15.5. The first-order chi connectivity index (χ1) is 13.7. The number of hydrogen-bond donors (Lipinski definition) is 2.